The van der Waals surface area contributed by atoms with Crippen LogP contribution >= 0.6 is 0 Å². The van der Waals surface area contributed by atoms with Gasteiger partial charge in [-0.05, 0) is 12.1 Å². The zero-order valence-corrected chi connectivity index (χ0v) is 4.97. The van der Waals surface area contributed by atoms with Crippen LogP contribution in [0.2, 0.25) is 0 Å². The van der Waals surface area contributed by atoms with Crippen LogP contribution in [0.3, 0.4) is 0 Å². The van der Waals surface area contributed by atoms with Crippen molar-refractivity contribution in [1.82, 2.24) is 0 Å². The molecule has 0 bridgehead atoms. The van der Waals surface area contributed by atoms with Gasteiger partial charge in [-0.3, -0.25) is 0 Å². The van der Waals surface area contributed by atoms with Gasteiger partial charge >= 0.3 is 0 Å². The van der Waals surface area contributed by atoms with Crippen molar-refractivity contribution in [3.63, 3.8) is 0 Å². The van der Waals surface area contributed by atoms with Gasteiger partial charge in [0.2, 0.25) is 0 Å². The number of hydrogen-bond acceptors (Lipinski definition) is 2. The van der Waals surface area contributed by atoms with E-state index in [1.165, 1.54) is 12.1 Å². The van der Waals surface area contributed by atoms with Crippen LogP contribution in [0.15, 0.2) is 24.2 Å². The SMILES string of the molecule is [2H]c1ccc2c(c1[2H])OC([2H])([2H])C([2H])([2H])O2. The number of fused-ring (bicyclic) bond motifs is 1. The van der Waals surface area contributed by atoms with E-state index in [2.05, 4.69) is 0 Å². The van der Waals surface area contributed by atoms with Crippen LogP contribution in [0.5, 0.6) is 11.5 Å². The highest BCUT2D eigenvalue weighted by Gasteiger charge is 2.07. The maximum absolute atomic E-state index is 7.50. The lowest BCUT2D eigenvalue weighted by Gasteiger charge is -2.17. The van der Waals surface area contributed by atoms with Crippen LogP contribution in [0.4, 0.5) is 0 Å². The first-order chi connectivity index (χ1) is 7.24. The number of benzene rings is 1. The molecule has 1 aliphatic heterocycles. The summed E-state index contributed by atoms with van der Waals surface area (Å²) in [4.78, 5) is 0. The Bertz CT molecular complexity index is 444. The number of para-hydroxylation sites is 2. The molecular formula is C8H8O2. The van der Waals surface area contributed by atoms with E-state index >= 15 is 0 Å². The molecule has 2 rings (SSSR count). The van der Waals surface area contributed by atoms with Crippen molar-refractivity contribution in [1.29, 1.82) is 0 Å². The van der Waals surface area contributed by atoms with E-state index < -0.39 is 13.1 Å². The highest BCUT2D eigenvalue weighted by molar-refractivity contribution is 5.40. The first-order valence-corrected chi connectivity index (χ1v) is 2.73. The molecule has 1 aromatic rings. The van der Waals surface area contributed by atoms with Crippen LogP contribution in [0, 0.1) is 0 Å². The maximum atomic E-state index is 7.50. The first kappa shape index (κ1) is 2.16. The molecule has 0 N–H and O–H groups in total. The Morgan fingerprint density at radius 1 is 1.40 bits per heavy atom. The van der Waals surface area contributed by atoms with Gasteiger partial charge in [0, 0.05) is 0 Å². The lowest BCUT2D eigenvalue weighted by molar-refractivity contribution is 0.171. The molecular weight excluding hydrogens is 128 g/mol. The van der Waals surface area contributed by atoms with Crippen molar-refractivity contribution >= 4 is 0 Å². The van der Waals surface area contributed by atoms with E-state index in [1.54, 1.807) is 0 Å². The van der Waals surface area contributed by atoms with Crippen LogP contribution in [0.1, 0.15) is 8.22 Å². The molecule has 0 radical (unpaired) electrons. The van der Waals surface area contributed by atoms with Gasteiger partial charge in [0.25, 0.3) is 0 Å². The summed E-state index contributed by atoms with van der Waals surface area (Å²) in [6.45, 7) is -5.32. The molecule has 52 valence electrons. The van der Waals surface area contributed by atoms with Crippen LogP contribution in [-0.4, -0.2) is 13.1 Å². The summed E-state index contributed by atoms with van der Waals surface area (Å²) in [5, 5.41) is 0. The lowest BCUT2D eigenvalue weighted by Crippen LogP contribution is -2.14. The predicted octanol–water partition coefficient (Wildman–Crippen LogP) is 1.46. The van der Waals surface area contributed by atoms with Crippen molar-refractivity contribution in [2.45, 2.75) is 0 Å². The summed E-state index contributed by atoms with van der Waals surface area (Å²) in [6.07, 6.45) is 0. The van der Waals surface area contributed by atoms with Crippen LogP contribution < -0.4 is 9.47 Å². The highest BCUT2D eigenvalue weighted by Crippen LogP contribution is 2.28. The molecule has 0 saturated heterocycles. The molecule has 1 aromatic carbocycles. The van der Waals surface area contributed by atoms with Gasteiger partial charge in [0.1, 0.15) is 13.1 Å². The van der Waals surface area contributed by atoms with E-state index in [0.717, 1.165) is 0 Å². The third-order valence-corrected chi connectivity index (χ3v) is 1.08. The van der Waals surface area contributed by atoms with E-state index in [4.69, 9.17) is 17.7 Å². The molecule has 1 heterocycles. The van der Waals surface area contributed by atoms with Gasteiger partial charge in [-0.1, -0.05) is 12.1 Å². The van der Waals surface area contributed by atoms with Gasteiger partial charge in [-0.25, -0.2) is 0 Å². The van der Waals surface area contributed by atoms with Crippen molar-refractivity contribution < 1.29 is 17.7 Å². The summed E-state index contributed by atoms with van der Waals surface area (Å²) in [5.74, 6) is -0.311. The number of ether oxygens (including phenoxy) is 2. The smallest absolute Gasteiger partial charge is 0.161 e. The Morgan fingerprint density at radius 3 is 3.10 bits per heavy atom. The van der Waals surface area contributed by atoms with Crippen LogP contribution in [-0.2, 0) is 0 Å². The molecule has 0 atom stereocenters. The predicted molar refractivity (Wildman–Crippen MR) is 37.4 cm³/mol. The fourth-order valence-corrected chi connectivity index (χ4v) is 0.666. The second-order valence-corrected chi connectivity index (χ2v) is 1.70. The zero-order valence-electron chi connectivity index (χ0n) is 11.0. The topological polar surface area (TPSA) is 18.5 Å². The molecule has 0 saturated carbocycles. The van der Waals surface area contributed by atoms with E-state index in [1.807, 2.05) is 0 Å². The Kier molecular flexibility index (Phi) is 0.477. The van der Waals surface area contributed by atoms with Crippen molar-refractivity contribution in [2.24, 2.45) is 0 Å². The minimum Gasteiger partial charge on any atom is -0.486 e. The van der Waals surface area contributed by atoms with Gasteiger partial charge in [-0.2, -0.15) is 0 Å². The summed E-state index contributed by atoms with van der Waals surface area (Å²) in [6, 6.07) is 2.09. The van der Waals surface area contributed by atoms with Crippen LogP contribution in [0.25, 0.3) is 0 Å². The van der Waals surface area contributed by atoms with E-state index in [-0.39, 0.29) is 23.6 Å². The summed E-state index contributed by atoms with van der Waals surface area (Å²) < 4.78 is 53.7. The minimum absolute atomic E-state index is 0.0684. The average Bonchev–Trinajstić information content (AvgIpc) is 2.15. The summed E-state index contributed by atoms with van der Waals surface area (Å²) >= 11 is 0. The number of rotatable bonds is 0. The Balaban J connectivity index is 2.56. The quantitative estimate of drug-likeness (QED) is 0.546. The number of hydrogen-bond donors (Lipinski definition) is 0. The largest absolute Gasteiger partial charge is 0.486 e. The maximum Gasteiger partial charge on any atom is 0.161 e. The molecule has 0 fully saturated rings. The Morgan fingerprint density at radius 2 is 2.20 bits per heavy atom. The summed E-state index contributed by atoms with van der Waals surface area (Å²) in [7, 11) is 0. The molecule has 0 aromatic heterocycles. The van der Waals surface area contributed by atoms with Gasteiger partial charge in [0.05, 0.1) is 8.22 Å². The highest BCUT2D eigenvalue weighted by atomic mass is 16.6. The molecule has 0 spiro atoms. The monoisotopic (exact) mass is 142 g/mol. The normalized spacial score (nSPS) is 33.6. The van der Waals surface area contributed by atoms with Gasteiger partial charge in [-0.15, -0.1) is 0 Å². The molecule has 10 heavy (non-hydrogen) atoms. The van der Waals surface area contributed by atoms with Crippen molar-refractivity contribution in [2.75, 3.05) is 13.1 Å². The molecule has 2 heteroatoms. The minimum atomic E-state index is -2.69. The summed E-state index contributed by atoms with van der Waals surface area (Å²) in [5.41, 5.74) is 0. The lowest BCUT2D eigenvalue weighted by atomic mass is 10.3. The van der Waals surface area contributed by atoms with Gasteiger partial charge in [0.15, 0.2) is 11.5 Å². The molecule has 2 nitrogen and oxygen atoms in total. The first-order valence-electron chi connectivity index (χ1n) is 5.73. The van der Waals surface area contributed by atoms with Crippen molar-refractivity contribution in [3.05, 3.63) is 24.2 Å². The molecule has 0 unspecified atom stereocenters. The molecule has 0 aliphatic carbocycles. The average molecular weight is 142 g/mol. The third-order valence-electron chi connectivity index (χ3n) is 1.08. The zero-order chi connectivity index (χ0) is 12.1. The fourth-order valence-electron chi connectivity index (χ4n) is 0.666. The second-order valence-electron chi connectivity index (χ2n) is 1.70. The van der Waals surface area contributed by atoms with E-state index in [9.17, 15) is 0 Å². The van der Waals surface area contributed by atoms with Gasteiger partial charge < -0.3 is 9.47 Å². The molecule has 0 amide bonds. The third kappa shape index (κ3) is 0.817. The van der Waals surface area contributed by atoms with Crippen molar-refractivity contribution in [3.8, 4) is 11.5 Å². The fraction of sp³-hybridized carbons (Fsp3) is 0.250. The standard InChI is InChI=1S/C8H8O2/c1-2-4-8-7(3-1)9-5-6-10-8/h1-4H,5-6H2/i1D,3D,5D2,6D2. The van der Waals surface area contributed by atoms with E-state index in [0.29, 0.717) is 0 Å². The molecule has 1 aliphatic rings. The Labute approximate surface area is 67.8 Å². The second kappa shape index (κ2) is 2.21. The Hall–Kier alpha value is -1.18.